The molecule has 1 atom stereocenters. The van der Waals surface area contributed by atoms with Gasteiger partial charge in [-0.2, -0.15) is 12.7 Å². The van der Waals surface area contributed by atoms with Gasteiger partial charge in [-0.1, -0.05) is 18.2 Å². The van der Waals surface area contributed by atoms with Crippen LogP contribution in [0.3, 0.4) is 0 Å². The minimum absolute atomic E-state index is 0.139. The Labute approximate surface area is 217 Å². The Morgan fingerprint density at radius 3 is 2.81 bits per heavy atom. The maximum Gasteiger partial charge on any atom is 0.303 e. The first-order chi connectivity index (χ1) is 17.7. The number of aryl methyl sites for hydroxylation is 1. The molecule has 2 aromatic heterocycles. The summed E-state index contributed by atoms with van der Waals surface area (Å²) in [5.74, 6) is 1.45. The van der Waals surface area contributed by atoms with Crippen LogP contribution in [0.5, 0.6) is 0 Å². The zero-order valence-electron chi connectivity index (χ0n) is 21.4. The van der Waals surface area contributed by atoms with E-state index in [-0.39, 0.29) is 17.8 Å². The van der Waals surface area contributed by atoms with Crippen molar-refractivity contribution in [3.63, 3.8) is 0 Å². The van der Waals surface area contributed by atoms with Gasteiger partial charge in [0.15, 0.2) is 0 Å². The van der Waals surface area contributed by atoms with Crippen LogP contribution in [0, 0.1) is 6.92 Å². The Hall–Kier alpha value is -3.21. The second-order valence-electron chi connectivity index (χ2n) is 9.92. The van der Waals surface area contributed by atoms with Crippen molar-refractivity contribution in [1.29, 1.82) is 0 Å². The van der Waals surface area contributed by atoms with Crippen molar-refractivity contribution < 1.29 is 17.6 Å². The van der Waals surface area contributed by atoms with Crippen LogP contribution in [0.2, 0.25) is 0 Å². The summed E-state index contributed by atoms with van der Waals surface area (Å²) >= 11 is 0. The molecule has 10 heteroatoms. The zero-order valence-corrected chi connectivity index (χ0v) is 22.2. The van der Waals surface area contributed by atoms with E-state index in [9.17, 15) is 13.2 Å². The van der Waals surface area contributed by atoms with Crippen LogP contribution in [0.15, 0.2) is 47.0 Å². The predicted octanol–water partition coefficient (Wildman–Crippen LogP) is 3.64. The van der Waals surface area contributed by atoms with E-state index >= 15 is 0 Å². The van der Waals surface area contributed by atoms with Gasteiger partial charge in [0.1, 0.15) is 17.2 Å². The maximum absolute atomic E-state index is 12.8. The fourth-order valence-corrected chi connectivity index (χ4v) is 6.09. The third-order valence-corrected chi connectivity index (χ3v) is 8.68. The first kappa shape index (κ1) is 25.4. The van der Waals surface area contributed by atoms with Crippen molar-refractivity contribution >= 4 is 39.0 Å². The standard InChI is InChI=1S/C27H33N5O4S/c1-18-15-28-13-14-32(18)37(34,35)30-25-11-7-20(16-29-25)8-12-26(33)31(3)17-24-19(2)22-5-4-6-23(21-9-10-21)27(22)36-24/h4-8,11-12,16,18,21,28H,9-10,13-15,17H2,1-3H3,(H,29,30)/b12-8+. The van der Waals surface area contributed by atoms with E-state index in [0.717, 1.165) is 22.3 Å². The number of furan rings is 1. The molecule has 1 unspecified atom stereocenters. The summed E-state index contributed by atoms with van der Waals surface area (Å²) in [5.41, 5.74) is 3.97. The number of rotatable bonds is 8. The molecule has 5 rings (SSSR count). The number of para-hydroxylation sites is 1. The first-order valence-electron chi connectivity index (χ1n) is 12.6. The largest absolute Gasteiger partial charge is 0.459 e. The molecule has 1 saturated heterocycles. The predicted molar refractivity (Wildman–Crippen MR) is 144 cm³/mol. The van der Waals surface area contributed by atoms with Crippen molar-refractivity contribution in [1.82, 2.24) is 19.5 Å². The summed E-state index contributed by atoms with van der Waals surface area (Å²) in [4.78, 5) is 18.6. The molecule has 3 aromatic rings. The fourth-order valence-electron chi connectivity index (χ4n) is 4.70. The lowest BCUT2D eigenvalue weighted by Gasteiger charge is -2.32. The molecule has 37 heavy (non-hydrogen) atoms. The van der Waals surface area contributed by atoms with Gasteiger partial charge in [-0.15, -0.1) is 0 Å². The van der Waals surface area contributed by atoms with E-state index in [0.29, 0.717) is 37.7 Å². The number of amides is 1. The number of hydrogen-bond donors (Lipinski definition) is 2. The number of anilines is 1. The molecule has 2 aliphatic rings. The number of nitrogens with zero attached hydrogens (tertiary/aromatic N) is 3. The lowest BCUT2D eigenvalue weighted by molar-refractivity contribution is -0.125. The average Bonchev–Trinajstić information content (AvgIpc) is 3.68. The zero-order chi connectivity index (χ0) is 26.2. The van der Waals surface area contributed by atoms with E-state index in [1.54, 1.807) is 30.2 Å². The van der Waals surface area contributed by atoms with E-state index in [1.807, 2.05) is 13.8 Å². The molecule has 1 aromatic carbocycles. The van der Waals surface area contributed by atoms with Gasteiger partial charge in [0, 0.05) is 55.9 Å². The summed E-state index contributed by atoms with van der Waals surface area (Å²) < 4.78 is 35.6. The molecular formula is C27H33N5O4S. The van der Waals surface area contributed by atoms with Crippen molar-refractivity contribution in [3.8, 4) is 0 Å². The number of nitrogens with one attached hydrogen (secondary N) is 2. The Morgan fingerprint density at radius 2 is 2.11 bits per heavy atom. The van der Waals surface area contributed by atoms with Gasteiger partial charge in [0.2, 0.25) is 5.91 Å². The third kappa shape index (κ3) is 5.56. The van der Waals surface area contributed by atoms with Gasteiger partial charge in [-0.05, 0) is 61.9 Å². The van der Waals surface area contributed by atoms with Crippen molar-refractivity contribution in [2.45, 2.75) is 45.2 Å². The molecule has 1 saturated carbocycles. The van der Waals surface area contributed by atoms with Gasteiger partial charge >= 0.3 is 10.2 Å². The molecule has 1 aliphatic carbocycles. The second kappa shape index (κ2) is 10.3. The van der Waals surface area contributed by atoms with E-state index in [1.165, 1.54) is 35.0 Å². The number of benzene rings is 1. The molecule has 0 radical (unpaired) electrons. The quantitative estimate of drug-likeness (QED) is 0.437. The van der Waals surface area contributed by atoms with E-state index < -0.39 is 10.2 Å². The summed E-state index contributed by atoms with van der Waals surface area (Å²) in [6.45, 7) is 5.90. The van der Waals surface area contributed by atoms with Gasteiger partial charge < -0.3 is 14.6 Å². The SMILES string of the molecule is Cc1c(CN(C)C(=O)/C=C/c2ccc(NS(=O)(=O)N3CCNCC3C)nc2)oc2c(C3CC3)cccc12. The van der Waals surface area contributed by atoms with Gasteiger partial charge in [0.05, 0.1) is 6.54 Å². The highest BCUT2D eigenvalue weighted by molar-refractivity contribution is 7.90. The average molecular weight is 524 g/mol. The van der Waals surface area contributed by atoms with E-state index in [4.69, 9.17) is 4.42 Å². The number of piperazine rings is 1. The number of carbonyl (C=O) groups is 1. The molecule has 0 spiro atoms. The molecule has 0 bridgehead atoms. The van der Waals surface area contributed by atoms with Crippen molar-refractivity contribution in [2.75, 3.05) is 31.4 Å². The third-order valence-electron chi connectivity index (χ3n) is 7.05. The Morgan fingerprint density at radius 1 is 1.30 bits per heavy atom. The van der Waals surface area contributed by atoms with Crippen molar-refractivity contribution in [3.05, 3.63) is 65.1 Å². The monoisotopic (exact) mass is 523 g/mol. The second-order valence-corrected chi connectivity index (χ2v) is 11.5. The fraction of sp³-hybridized carbons (Fsp3) is 0.407. The van der Waals surface area contributed by atoms with Crippen molar-refractivity contribution in [2.24, 2.45) is 0 Å². The minimum Gasteiger partial charge on any atom is -0.459 e. The Kier molecular flexibility index (Phi) is 7.06. The first-order valence-corrected chi connectivity index (χ1v) is 14.1. The normalized spacial score (nSPS) is 18.9. The topological polar surface area (TPSA) is 108 Å². The highest BCUT2D eigenvalue weighted by Crippen LogP contribution is 2.44. The van der Waals surface area contributed by atoms with Crippen LogP contribution in [-0.2, 0) is 21.5 Å². The van der Waals surface area contributed by atoms with Crippen LogP contribution in [0.4, 0.5) is 5.82 Å². The summed E-state index contributed by atoms with van der Waals surface area (Å²) in [7, 11) is -1.95. The Balaban J connectivity index is 1.21. The summed E-state index contributed by atoms with van der Waals surface area (Å²) in [6, 6.07) is 9.47. The van der Waals surface area contributed by atoms with E-state index in [2.05, 4.69) is 33.2 Å². The van der Waals surface area contributed by atoms with Crippen LogP contribution >= 0.6 is 0 Å². The lowest BCUT2D eigenvalue weighted by atomic mass is 10.1. The molecule has 3 heterocycles. The Bertz CT molecular complexity index is 1430. The molecule has 2 N–H and O–H groups in total. The van der Waals surface area contributed by atoms with Gasteiger partial charge in [-0.25, -0.2) is 4.98 Å². The minimum atomic E-state index is -3.69. The van der Waals surface area contributed by atoms with Crippen LogP contribution < -0.4 is 10.0 Å². The van der Waals surface area contributed by atoms with Crippen LogP contribution in [0.25, 0.3) is 17.0 Å². The molecule has 196 valence electrons. The van der Waals surface area contributed by atoms with Crippen LogP contribution in [-0.4, -0.2) is 61.2 Å². The van der Waals surface area contributed by atoms with Gasteiger partial charge in [-0.3, -0.25) is 9.52 Å². The highest BCUT2D eigenvalue weighted by Gasteiger charge is 2.30. The summed E-state index contributed by atoms with van der Waals surface area (Å²) in [5, 5.41) is 4.29. The maximum atomic E-state index is 12.8. The molecular weight excluding hydrogens is 490 g/mol. The highest BCUT2D eigenvalue weighted by atomic mass is 32.2. The number of likely N-dealkylation sites (N-methyl/N-ethyl adjacent to an activating group) is 1. The number of hydrogen-bond acceptors (Lipinski definition) is 6. The molecule has 1 aliphatic heterocycles. The molecule has 1 amide bonds. The number of pyridine rings is 1. The number of carbonyl (C=O) groups excluding carboxylic acids is 1. The molecule has 2 fully saturated rings. The lowest BCUT2D eigenvalue weighted by Crippen LogP contribution is -2.53. The van der Waals surface area contributed by atoms with Crippen LogP contribution in [0.1, 0.15) is 48.1 Å². The van der Waals surface area contributed by atoms with Gasteiger partial charge in [0.25, 0.3) is 0 Å². The smallest absolute Gasteiger partial charge is 0.303 e. The number of aromatic nitrogens is 1. The number of fused-ring (bicyclic) bond motifs is 1. The summed E-state index contributed by atoms with van der Waals surface area (Å²) in [6.07, 6.45) is 7.09. The molecule has 9 nitrogen and oxygen atoms in total.